The van der Waals surface area contributed by atoms with Gasteiger partial charge in [-0.1, -0.05) is 37.2 Å². The molecular formula is C19H21N3O3S. The van der Waals surface area contributed by atoms with Crippen LogP contribution in [-0.2, 0) is 11.3 Å². The van der Waals surface area contributed by atoms with Crippen molar-refractivity contribution >= 4 is 29.1 Å². The molecule has 0 radical (unpaired) electrons. The SMILES string of the molecule is CCCC1S/C(=N/N=C/c2ccco2)N(Cc2ccc(OC)cc2)C1=O. The molecule has 2 aromatic rings. The second-order valence-electron chi connectivity index (χ2n) is 5.81. The van der Waals surface area contributed by atoms with E-state index in [0.717, 1.165) is 24.2 Å². The molecule has 7 heteroatoms. The van der Waals surface area contributed by atoms with Crippen LogP contribution in [0.2, 0.25) is 0 Å². The fraction of sp³-hybridized carbons (Fsp3) is 0.316. The molecule has 0 spiro atoms. The standard InChI is InChI=1S/C19H21N3O3S/c1-3-5-17-18(23)22(13-14-7-9-15(24-2)10-8-14)19(26-17)21-20-12-16-6-4-11-25-16/h4,6-12,17H,3,5,13H2,1-2H3/b20-12+,21-19+. The van der Waals surface area contributed by atoms with Gasteiger partial charge in [0.25, 0.3) is 0 Å². The second-order valence-corrected chi connectivity index (χ2v) is 6.98. The number of methoxy groups -OCH3 is 1. The summed E-state index contributed by atoms with van der Waals surface area (Å²) in [6.45, 7) is 2.54. The fourth-order valence-corrected chi connectivity index (χ4v) is 3.80. The van der Waals surface area contributed by atoms with E-state index in [1.165, 1.54) is 18.0 Å². The van der Waals surface area contributed by atoms with Gasteiger partial charge in [0.1, 0.15) is 11.5 Å². The average molecular weight is 371 g/mol. The Labute approximate surface area is 156 Å². The number of nitrogens with zero attached hydrogens (tertiary/aromatic N) is 3. The Morgan fingerprint density at radius 1 is 1.31 bits per heavy atom. The van der Waals surface area contributed by atoms with E-state index in [1.807, 2.05) is 24.3 Å². The molecular weight excluding hydrogens is 350 g/mol. The summed E-state index contributed by atoms with van der Waals surface area (Å²) in [7, 11) is 1.63. The van der Waals surface area contributed by atoms with Crippen molar-refractivity contribution in [2.45, 2.75) is 31.6 Å². The zero-order valence-corrected chi connectivity index (χ0v) is 15.6. The number of hydrogen-bond acceptors (Lipinski definition) is 6. The second kappa shape index (κ2) is 8.71. The number of hydrogen-bond donors (Lipinski definition) is 0. The van der Waals surface area contributed by atoms with Crippen molar-refractivity contribution in [2.24, 2.45) is 10.2 Å². The molecule has 1 aromatic heterocycles. The molecule has 0 N–H and O–H groups in total. The Morgan fingerprint density at radius 3 is 2.77 bits per heavy atom. The molecule has 1 aliphatic heterocycles. The smallest absolute Gasteiger partial charge is 0.242 e. The highest BCUT2D eigenvalue weighted by atomic mass is 32.2. The minimum Gasteiger partial charge on any atom is -0.497 e. The summed E-state index contributed by atoms with van der Waals surface area (Å²) >= 11 is 1.47. The van der Waals surface area contributed by atoms with Gasteiger partial charge >= 0.3 is 0 Å². The van der Waals surface area contributed by atoms with E-state index < -0.39 is 0 Å². The van der Waals surface area contributed by atoms with Crippen molar-refractivity contribution in [2.75, 3.05) is 7.11 Å². The van der Waals surface area contributed by atoms with Crippen LogP contribution in [0.25, 0.3) is 0 Å². The lowest BCUT2D eigenvalue weighted by molar-refractivity contribution is -0.126. The first-order valence-corrected chi connectivity index (χ1v) is 9.34. The summed E-state index contributed by atoms with van der Waals surface area (Å²) in [6, 6.07) is 11.3. The van der Waals surface area contributed by atoms with Crippen molar-refractivity contribution in [1.82, 2.24) is 4.90 Å². The number of carbonyl (C=O) groups is 1. The van der Waals surface area contributed by atoms with E-state index >= 15 is 0 Å². The molecule has 1 amide bonds. The lowest BCUT2D eigenvalue weighted by Crippen LogP contribution is -2.31. The zero-order valence-electron chi connectivity index (χ0n) is 14.8. The molecule has 26 heavy (non-hydrogen) atoms. The fourth-order valence-electron chi connectivity index (χ4n) is 2.59. The molecule has 1 aromatic carbocycles. The molecule has 0 bridgehead atoms. The van der Waals surface area contributed by atoms with Gasteiger partial charge in [-0.15, -0.1) is 5.10 Å². The van der Waals surface area contributed by atoms with Gasteiger partial charge in [-0.3, -0.25) is 9.69 Å². The van der Waals surface area contributed by atoms with Crippen LogP contribution in [-0.4, -0.2) is 34.5 Å². The van der Waals surface area contributed by atoms with Gasteiger partial charge in [-0.25, -0.2) is 0 Å². The first-order valence-electron chi connectivity index (χ1n) is 8.46. The summed E-state index contributed by atoms with van der Waals surface area (Å²) in [5.74, 6) is 1.49. The lowest BCUT2D eigenvalue weighted by Gasteiger charge is -2.16. The highest BCUT2D eigenvalue weighted by Crippen LogP contribution is 2.31. The molecule has 136 valence electrons. The van der Waals surface area contributed by atoms with E-state index in [1.54, 1.807) is 30.4 Å². The molecule has 1 unspecified atom stereocenters. The third kappa shape index (κ3) is 4.35. The summed E-state index contributed by atoms with van der Waals surface area (Å²) in [5.41, 5.74) is 1.01. The van der Waals surface area contributed by atoms with Crippen LogP contribution in [0, 0.1) is 0 Å². The van der Waals surface area contributed by atoms with Gasteiger partial charge in [0.2, 0.25) is 5.91 Å². The molecule has 1 saturated heterocycles. The molecule has 3 rings (SSSR count). The first-order chi connectivity index (χ1) is 12.7. The molecule has 1 atom stereocenters. The van der Waals surface area contributed by atoms with Crippen LogP contribution >= 0.6 is 11.8 Å². The molecule has 0 saturated carbocycles. The maximum atomic E-state index is 12.8. The van der Waals surface area contributed by atoms with E-state index in [2.05, 4.69) is 17.1 Å². The lowest BCUT2D eigenvalue weighted by atomic mass is 10.2. The maximum absolute atomic E-state index is 12.8. The number of carbonyl (C=O) groups excluding carboxylic acids is 1. The van der Waals surface area contributed by atoms with E-state index in [4.69, 9.17) is 9.15 Å². The molecule has 6 nitrogen and oxygen atoms in total. The number of furan rings is 1. The van der Waals surface area contributed by atoms with Crippen molar-refractivity contribution in [1.29, 1.82) is 0 Å². The molecule has 2 heterocycles. The summed E-state index contributed by atoms with van der Waals surface area (Å²) in [4.78, 5) is 14.5. The Hall–Kier alpha value is -2.54. The topological polar surface area (TPSA) is 67.4 Å². The van der Waals surface area contributed by atoms with Gasteiger partial charge in [0, 0.05) is 0 Å². The third-order valence-corrected chi connectivity index (χ3v) is 5.18. The van der Waals surface area contributed by atoms with Crippen LogP contribution in [0.5, 0.6) is 5.75 Å². The number of thioether (sulfide) groups is 1. The van der Waals surface area contributed by atoms with Gasteiger partial charge < -0.3 is 9.15 Å². The Morgan fingerprint density at radius 2 is 2.12 bits per heavy atom. The normalized spacial score (nSPS) is 19.0. The Bertz CT molecular complexity index is 785. The maximum Gasteiger partial charge on any atom is 0.242 e. The zero-order chi connectivity index (χ0) is 18.4. The average Bonchev–Trinajstić information content (AvgIpc) is 3.27. The highest BCUT2D eigenvalue weighted by Gasteiger charge is 2.37. The van der Waals surface area contributed by atoms with E-state index in [-0.39, 0.29) is 11.2 Å². The van der Waals surface area contributed by atoms with Gasteiger partial charge in [0.05, 0.1) is 31.4 Å². The van der Waals surface area contributed by atoms with E-state index in [9.17, 15) is 4.79 Å². The highest BCUT2D eigenvalue weighted by molar-refractivity contribution is 8.15. The van der Waals surface area contributed by atoms with Gasteiger partial charge in [-0.2, -0.15) is 5.10 Å². The monoisotopic (exact) mass is 371 g/mol. The van der Waals surface area contributed by atoms with Crippen molar-refractivity contribution in [3.8, 4) is 5.75 Å². The molecule has 1 aliphatic rings. The van der Waals surface area contributed by atoms with Crippen LogP contribution < -0.4 is 4.74 Å². The Balaban J connectivity index is 1.78. The summed E-state index contributed by atoms with van der Waals surface area (Å²) in [5, 5.41) is 8.86. The minimum absolute atomic E-state index is 0.0830. The molecule has 0 aliphatic carbocycles. The van der Waals surface area contributed by atoms with Gasteiger partial charge in [0.15, 0.2) is 5.17 Å². The quantitative estimate of drug-likeness (QED) is 0.546. The predicted molar refractivity (Wildman–Crippen MR) is 104 cm³/mol. The third-order valence-electron chi connectivity index (χ3n) is 3.94. The minimum atomic E-state index is -0.101. The van der Waals surface area contributed by atoms with Gasteiger partial charge in [-0.05, 0) is 36.2 Å². The van der Waals surface area contributed by atoms with Crippen molar-refractivity contribution in [3.63, 3.8) is 0 Å². The van der Waals surface area contributed by atoms with Crippen LogP contribution in [0.3, 0.4) is 0 Å². The van der Waals surface area contributed by atoms with E-state index in [0.29, 0.717) is 17.5 Å². The Kier molecular flexibility index (Phi) is 6.12. The number of amidine groups is 1. The summed E-state index contributed by atoms with van der Waals surface area (Å²) in [6.07, 6.45) is 4.89. The summed E-state index contributed by atoms with van der Waals surface area (Å²) < 4.78 is 10.4. The number of rotatable bonds is 7. The van der Waals surface area contributed by atoms with Crippen LogP contribution in [0.15, 0.2) is 57.3 Å². The van der Waals surface area contributed by atoms with Crippen LogP contribution in [0.1, 0.15) is 31.1 Å². The van der Waals surface area contributed by atoms with Crippen LogP contribution in [0.4, 0.5) is 0 Å². The van der Waals surface area contributed by atoms with Crippen molar-refractivity contribution in [3.05, 3.63) is 54.0 Å². The number of amides is 1. The molecule has 1 fully saturated rings. The van der Waals surface area contributed by atoms with Crippen molar-refractivity contribution < 1.29 is 13.9 Å². The number of benzene rings is 1. The first kappa shape index (κ1) is 18.3. The predicted octanol–water partition coefficient (Wildman–Crippen LogP) is 3.92. The number of ether oxygens (including phenoxy) is 1. The largest absolute Gasteiger partial charge is 0.497 e.